The topological polar surface area (TPSA) is 35.5 Å². The van der Waals surface area contributed by atoms with E-state index in [1.165, 1.54) is 0 Å². The number of ether oxygens (including phenoxy) is 2. The zero-order valence-electron chi connectivity index (χ0n) is 8.53. The number of halogens is 1. The molecule has 15 heavy (non-hydrogen) atoms. The third-order valence-electron chi connectivity index (χ3n) is 1.68. The molecule has 0 aliphatic heterocycles. The van der Waals surface area contributed by atoms with Crippen LogP contribution in [0.2, 0.25) is 0 Å². The van der Waals surface area contributed by atoms with Gasteiger partial charge in [-0.05, 0) is 24.6 Å². The lowest BCUT2D eigenvalue weighted by Crippen LogP contribution is -2.12. The van der Waals surface area contributed by atoms with E-state index in [1.807, 2.05) is 24.3 Å². The maximum atomic E-state index is 10.9. The first kappa shape index (κ1) is 12.2. The Kier molecular flexibility index (Phi) is 5.36. The minimum absolute atomic E-state index is 0.000351. The molecule has 0 fully saturated rings. The number of hydrogen-bond donors (Lipinski definition) is 0. The summed E-state index contributed by atoms with van der Waals surface area (Å²) in [6.45, 7) is 2.57. The first-order chi connectivity index (χ1) is 7.22. The molecule has 0 N–H and O–H groups in total. The molecule has 3 nitrogen and oxygen atoms in total. The Bertz CT molecular complexity index is 325. The molecule has 1 rings (SSSR count). The molecule has 0 heterocycles. The quantitative estimate of drug-likeness (QED) is 0.773. The number of carbonyl (C=O) groups is 1. The van der Waals surface area contributed by atoms with Gasteiger partial charge in [0.2, 0.25) is 0 Å². The summed E-state index contributed by atoms with van der Waals surface area (Å²) in [5.41, 5.74) is 1.02. The zero-order chi connectivity index (χ0) is 11.1. The van der Waals surface area contributed by atoms with Crippen molar-refractivity contribution < 1.29 is 14.3 Å². The van der Waals surface area contributed by atoms with Gasteiger partial charge in [-0.25, -0.2) is 4.79 Å². The minimum atomic E-state index is -0.326. The number of benzene rings is 1. The molecule has 0 spiro atoms. The SMILES string of the molecule is CCOC(=O)COCc1cccc(Br)c1. The van der Waals surface area contributed by atoms with Crippen LogP contribution in [-0.2, 0) is 20.9 Å². The van der Waals surface area contributed by atoms with E-state index in [-0.39, 0.29) is 12.6 Å². The van der Waals surface area contributed by atoms with Crippen LogP contribution in [0.1, 0.15) is 12.5 Å². The van der Waals surface area contributed by atoms with Crippen LogP contribution in [0.25, 0.3) is 0 Å². The molecule has 0 aliphatic carbocycles. The summed E-state index contributed by atoms with van der Waals surface area (Å²) < 4.78 is 10.9. The van der Waals surface area contributed by atoms with Crippen LogP contribution in [0.5, 0.6) is 0 Å². The fourth-order valence-electron chi connectivity index (χ4n) is 1.08. The van der Waals surface area contributed by atoms with E-state index in [0.29, 0.717) is 13.2 Å². The van der Waals surface area contributed by atoms with Crippen molar-refractivity contribution in [2.75, 3.05) is 13.2 Å². The Morgan fingerprint density at radius 3 is 2.93 bits per heavy atom. The molecule has 0 aliphatic rings. The molecule has 1 aromatic carbocycles. The Balaban J connectivity index is 2.28. The second kappa shape index (κ2) is 6.58. The van der Waals surface area contributed by atoms with Crippen molar-refractivity contribution in [1.29, 1.82) is 0 Å². The third-order valence-corrected chi connectivity index (χ3v) is 2.18. The summed E-state index contributed by atoms with van der Waals surface area (Å²) in [4.78, 5) is 10.9. The Morgan fingerprint density at radius 1 is 1.47 bits per heavy atom. The van der Waals surface area contributed by atoms with Crippen LogP contribution in [-0.4, -0.2) is 19.2 Å². The lowest BCUT2D eigenvalue weighted by molar-refractivity contribution is -0.148. The molecule has 0 bridgehead atoms. The van der Waals surface area contributed by atoms with Gasteiger partial charge in [-0.3, -0.25) is 0 Å². The van der Waals surface area contributed by atoms with E-state index in [2.05, 4.69) is 15.9 Å². The van der Waals surface area contributed by atoms with Gasteiger partial charge < -0.3 is 9.47 Å². The van der Waals surface area contributed by atoms with Gasteiger partial charge in [0.25, 0.3) is 0 Å². The van der Waals surface area contributed by atoms with Crippen molar-refractivity contribution in [2.45, 2.75) is 13.5 Å². The largest absolute Gasteiger partial charge is 0.464 e. The highest BCUT2D eigenvalue weighted by atomic mass is 79.9. The molecule has 0 unspecified atom stereocenters. The fourth-order valence-corrected chi connectivity index (χ4v) is 1.53. The van der Waals surface area contributed by atoms with E-state index >= 15 is 0 Å². The second-order valence-corrected chi connectivity index (χ2v) is 3.84. The molecule has 0 radical (unpaired) electrons. The van der Waals surface area contributed by atoms with Gasteiger partial charge in [0.1, 0.15) is 6.61 Å². The normalized spacial score (nSPS) is 10.0. The van der Waals surface area contributed by atoms with Crippen molar-refractivity contribution in [1.82, 2.24) is 0 Å². The van der Waals surface area contributed by atoms with Gasteiger partial charge >= 0.3 is 5.97 Å². The molecule has 82 valence electrons. The first-order valence-corrected chi connectivity index (χ1v) is 5.49. The lowest BCUT2D eigenvalue weighted by atomic mass is 10.2. The number of rotatable bonds is 5. The van der Waals surface area contributed by atoms with Crippen LogP contribution in [0.4, 0.5) is 0 Å². The third kappa shape index (κ3) is 4.95. The fraction of sp³-hybridized carbons (Fsp3) is 0.364. The number of hydrogen-bond acceptors (Lipinski definition) is 3. The predicted molar refractivity (Wildman–Crippen MR) is 60.4 cm³/mol. The highest BCUT2D eigenvalue weighted by Gasteiger charge is 2.01. The van der Waals surface area contributed by atoms with Gasteiger partial charge in [-0.15, -0.1) is 0 Å². The number of esters is 1. The monoisotopic (exact) mass is 272 g/mol. The van der Waals surface area contributed by atoms with Crippen LogP contribution in [0.15, 0.2) is 28.7 Å². The summed E-state index contributed by atoms with van der Waals surface area (Å²) >= 11 is 3.36. The molecule has 0 aromatic heterocycles. The summed E-state index contributed by atoms with van der Waals surface area (Å²) in [7, 11) is 0. The molecular weight excluding hydrogens is 260 g/mol. The molecule has 4 heteroatoms. The zero-order valence-corrected chi connectivity index (χ0v) is 10.1. The van der Waals surface area contributed by atoms with Crippen LogP contribution >= 0.6 is 15.9 Å². The van der Waals surface area contributed by atoms with Crippen LogP contribution in [0.3, 0.4) is 0 Å². The molecule has 0 atom stereocenters. The van der Waals surface area contributed by atoms with Crippen LogP contribution in [0, 0.1) is 0 Å². The van der Waals surface area contributed by atoms with Crippen molar-refractivity contribution >= 4 is 21.9 Å². The minimum Gasteiger partial charge on any atom is -0.464 e. The van der Waals surface area contributed by atoms with Crippen molar-refractivity contribution in [3.8, 4) is 0 Å². The molecule has 0 amide bonds. The summed E-state index contributed by atoms with van der Waals surface area (Å²) in [6, 6.07) is 7.75. The second-order valence-electron chi connectivity index (χ2n) is 2.93. The van der Waals surface area contributed by atoms with Crippen molar-refractivity contribution in [3.63, 3.8) is 0 Å². The first-order valence-electron chi connectivity index (χ1n) is 4.70. The van der Waals surface area contributed by atoms with E-state index in [9.17, 15) is 4.79 Å². The molecule has 0 saturated heterocycles. The van der Waals surface area contributed by atoms with E-state index in [4.69, 9.17) is 9.47 Å². The lowest BCUT2D eigenvalue weighted by Gasteiger charge is -2.04. The predicted octanol–water partition coefficient (Wildman–Crippen LogP) is 2.53. The summed E-state index contributed by atoms with van der Waals surface area (Å²) in [5.74, 6) is -0.326. The molecule has 0 saturated carbocycles. The highest BCUT2D eigenvalue weighted by Crippen LogP contribution is 2.12. The highest BCUT2D eigenvalue weighted by molar-refractivity contribution is 9.10. The Hall–Kier alpha value is -0.870. The molecular formula is C11H13BrO3. The smallest absolute Gasteiger partial charge is 0.332 e. The Labute approximate surface area is 97.5 Å². The summed E-state index contributed by atoms with van der Waals surface area (Å²) in [6.07, 6.45) is 0. The standard InChI is InChI=1S/C11H13BrO3/c1-2-15-11(13)8-14-7-9-4-3-5-10(12)6-9/h3-6H,2,7-8H2,1H3. The van der Waals surface area contributed by atoms with Crippen LogP contribution < -0.4 is 0 Å². The van der Waals surface area contributed by atoms with Gasteiger partial charge in [-0.1, -0.05) is 28.1 Å². The summed E-state index contributed by atoms with van der Waals surface area (Å²) in [5, 5.41) is 0. The number of carbonyl (C=O) groups excluding carboxylic acids is 1. The average molecular weight is 273 g/mol. The van der Waals surface area contributed by atoms with Crippen molar-refractivity contribution in [2.24, 2.45) is 0 Å². The maximum Gasteiger partial charge on any atom is 0.332 e. The maximum absolute atomic E-state index is 10.9. The molecule has 1 aromatic rings. The Morgan fingerprint density at radius 2 is 2.27 bits per heavy atom. The van der Waals surface area contributed by atoms with E-state index in [0.717, 1.165) is 10.0 Å². The van der Waals surface area contributed by atoms with Crippen molar-refractivity contribution in [3.05, 3.63) is 34.3 Å². The van der Waals surface area contributed by atoms with Gasteiger partial charge in [0, 0.05) is 4.47 Å². The average Bonchev–Trinajstić information content (AvgIpc) is 2.18. The van der Waals surface area contributed by atoms with Gasteiger partial charge in [0.15, 0.2) is 0 Å². The van der Waals surface area contributed by atoms with Gasteiger partial charge in [-0.2, -0.15) is 0 Å². The van der Waals surface area contributed by atoms with E-state index < -0.39 is 0 Å². The van der Waals surface area contributed by atoms with Gasteiger partial charge in [0.05, 0.1) is 13.2 Å². The van der Waals surface area contributed by atoms with E-state index in [1.54, 1.807) is 6.92 Å².